The maximum atomic E-state index is 12.9. The van der Waals surface area contributed by atoms with Crippen LogP contribution in [0.1, 0.15) is 19.8 Å². The van der Waals surface area contributed by atoms with Gasteiger partial charge in [-0.2, -0.15) is 0 Å². The molecule has 2 aliphatic heterocycles. The molecule has 0 spiro atoms. The van der Waals surface area contributed by atoms with Crippen LogP contribution in [0, 0.1) is 5.41 Å². The van der Waals surface area contributed by atoms with Crippen LogP contribution in [-0.2, 0) is 4.79 Å². The number of hydrogen-bond acceptors (Lipinski definition) is 3. The van der Waals surface area contributed by atoms with Crippen LogP contribution in [0.4, 0.5) is 5.69 Å². The van der Waals surface area contributed by atoms with Crippen molar-refractivity contribution in [3.05, 3.63) is 30.3 Å². The number of para-hydroxylation sites is 1. The molecule has 2 fully saturated rings. The van der Waals surface area contributed by atoms with Gasteiger partial charge in [-0.05, 0) is 31.5 Å². The summed E-state index contributed by atoms with van der Waals surface area (Å²) in [5.74, 6) is 0.364. The molecule has 1 aromatic rings. The van der Waals surface area contributed by atoms with Crippen molar-refractivity contribution < 1.29 is 4.79 Å². The van der Waals surface area contributed by atoms with Gasteiger partial charge < -0.3 is 15.1 Å². The van der Waals surface area contributed by atoms with Gasteiger partial charge in [0.05, 0.1) is 5.41 Å². The molecule has 1 unspecified atom stereocenters. The zero-order valence-corrected chi connectivity index (χ0v) is 12.8. The van der Waals surface area contributed by atoms with Crippen molar-refractivity contribution in [2.45, 2.75) is 19.8 Å². The molecule has 0 aromatic heterocycles. The Bertz CT molecular complexity index is 474. The molecule has 1 aromatic carbocycles. The molecule has 2 saturated heterocycles. The van der Waals surface area contributed by atoms with Gasteiger partial charge in [0, 0.05) is 38.4 Å². The number of carbonyl (C=O) groups is 1. The summed E-state index contributed by atoms with van der Waals surface area (Å²) in [5.41, 5.74) is 1.12. The van der Waals surface area contributed by atoms with Gasteiger partial charge in [0.15, 0.2) is 0 Å². The topological polar surface area (TPSA) is 35.6 Å². The molecule has 114 valence electrons. The van der Waals surface area contributed by atoms with E-state index in [9.17, 15) is 4.79 Å². The molecule has 1 atom stereocenters. The lowest BCUT2D eigenvalue weighted by molar-refractivity contribution is -0.141. The summed E-state index contributed by atoms with van der Waals surface area (Å²) >= 11 is 0. The van der Waals surface area contributed by atoms with Gasteiger partial charge in [-0.25, -0.2) is 0 Å². The molecule has 1 amide bonds. The Morgan fingerprint density at radius 2 is 1.90 bits per heavy atom. The summed E-state index contributed by atoms with van der Waals surface area (Å²) in [6.07, 6.45) is 1.93. The molecule has 4 heteroatoms. The Morgan fingerprint density at radius 3 is 2.48 bits per heavy atom. The van der Waals surface area contributed by atoms with Gasteiger partial charge in [-0.1, -0.05) is 25.1 Å². The highest BCUT2D eigenvalue weighted by molar-refractivity contribution is 5.83. The molecular formula is C17H25N3O. The van der Waals surface area contributed by atoms with E-state index in [-0.39, 0.29) is 5.41 Å². The van der Waals surface area contributed by atoms with Gasteiger partial charge in [-0.15, -0.1) is 0 Å². The molecule has 0 saturated carbocycles. The van der Waals surface area contributed by atoms with Gasteiger partial charge in [-0.3, -0.25) is 4.79 Å². The Hall–Kier alpha value is -1.55. The number of carbonyl (C=O) groups excluding carboxylic acids is 1. The minimum absolute atomic E-state index is 0.144. The number of rotatable bonds is 3. The lowest BCUT2D eigenvalue weighted by atomic mass is 9.82. The quantitative estimate of drug-likeness (QED) is 0.919. The van der Waals surface area contributed by atoms with Crippen LogP contribution in [0.3, 0.4) is 0 Å². The highest BCUT2D eigenvalue weighted by Crippen LogP contribution is 2.32. The standard InChI is InChI=1S/C17H25N3O/c1-2-17(8-9-18-14-17)16(21)20-12-10-19(11-13-20)15-6-4-3-5-7-15/h3-7,18H,2,8-14H2,1H3. The number of nitrogens with zero attached hydrogens (tertiary/aromatic N) is 2. The second-order valence-electron chi connectivity index (χ2n) is 6.18. The van der Waals surface area contributed by atoms with Crippen molar-refractivity contribution in [1.29, 1.82) is 0 Å². The lowest BCUT2D eigenvalue weighted by Gasteiger charge is -2.40. The van der Waals surface area contributed by atoms with Crippen molar-refractivity contribution in [3.8, 4) is 0 Å². The third-order valence-corrected chi connectivity index (χ3v) is 5.06. The van der Waals surface area contributed by atoms with Gasteiger partial charge >= 0.3 is 0 Å². The molecule has 1 N–H and O–H groups in total. The predicted molar refractivity (Wildman–Crippen MR) is 85.4 cm³/mol. The SMILES string of the molecule is CCC1(C(=O)N2CCN(c3ccccc3)CC2)CCNC1. The Morgan fingerprint density at radius 1 is 1.19 bits per heavy atom. The Balaban J connectivity index is 1.62. The predicted octanol–water partition coefficient (Wildman–Crippen LogP) is 1.72. The maximum Gasteiger partial charge on any atom is 0.230 e. The lowest BCUT2D eigenvalue weighted by Crippen LogP contribution is -2.53. The van der Waals surface area contributed by atoms with E-state index in [0.29, 0.717) is 5.91 Å². The average Bonchev–Trinajstić information content (AvgIpc) is 3.05. The van der Waals surface area contributed by atoms with Crippen LogP contribution >= 0.6 is 0 Å². The summed E-state index contributed by atoms with van der Waals surface area (Å²) < 4.78 is 0. The van der Waals surface area contributed by atoms with E-state index >= 15 is 0 Å². The van der Waals surface area contributed by atoms with E-state index in [1.54, 1.807) is 0 Å². The van der Waals surface area contributed by atoms with Crippen LogP contribution in [0.2, 0.25) is 0 Å². The summed E-state index contributed by atoms with van der Waals surface area (Å²) in [6.45, 7) is 7.52. The van der Waals surface area contributed by atoms with E-state index in [2.05, 4.69) is 46.3 Å². The summed E-state index contributed by atoms with van der Waals surface area (Å²) in [6, 6.07) is 10.5. The van der Waals surface area contributed by atoms with E-state index in [4.69, 9.17) is 0 Å². The first-order valence-corrected chi connectivity index (χ1v) is 8.05. The molecule has 0 radical (unpaired) electrons. The molecule has 0 aliphatic carbocycles. The van der Waals surface area contributed by atoms with Crippen molar-refractivity contribution in [1.82, 2.24) is 10.2 Å². The van der Waals surface area contributed by atoms with E-state index in [1.165, 1.54) is 5.69 Å². The average molecular weight is 287 g/mol. The second kappa shape index (κ2) is 6.06. The third-order valence-electron chi connectivity index (χ3n) is 5.06. The van der Waals surface area contributed by atoms with E-state index in [0.717, 1.165) is 52.1 Å². The zero-order valence-electron chi connectivity index (χ0n) is 12.8. The van der Waals surface area contributed by atoms with E-state index < -0.39 is 0 Å². The monoisotopic (exact) mass is 287 g/mol. The normalized spacial score (nSPS) is 26.1. The summed E-state index contributed by atoms with van der Waals surface area (Å²) in [5, 5.41) is 3.36. The summed E-state index contributed by atoms with van der Waals surface area (Å²) in [4.78, 5) is 17.3. The second-order valence-corrected chi connectivity index (χ2v) is 6.18. The first-order chi connectivity index (χ1) is 10.2. The smallest absolute Gasteiger partial charge is 0.230 e. The largest absolute Gasteiger partial charge is 0.368 e. The molecule has 0 bridgehead atoms. The highest BCUT2D eigenvalue weighted by atomic mass is 16.2. The highest BCUT2D eigenvalue weighted by Gasteiger charge is 2.42. The van der Waals surface area contributed by atoms with Crippen molar-refractivity contribution in [2.75, 3.05) is 44.2 Å². The first kappa shape index (κ1) is 14.4. The van der Waals surface area contributed by atoms with Gasteiger partial charge in [0.2, 0.25) is 5.91 Å². The molecular weight excluding hydrogens is 262 g/mol. The number of nitrogens with one attached hydrogen (secondary N) is 1. The van der Waals surface area contributed by atoms with Gasteiger partial charge in [0.1, 0.15) is 0 Å². The third kappa shape index (κ3) is 2.77. The van der Waals surface area contributed by atoms with Crippen molar-refractivity contribution in [3.63, 3.8) is 0 Å². The minimum atomic E-state index is -0.144. The van der Waals surface area contributed by atoms with Gasteiger partial charge in [0.25, 0.3) is 0 Å². The molecule has 4 nitrogen and oxygen atoms in total. The maximum absolute atomic E-state index is 12.9. The first-order valence-electron chi connectivity index (χ1n) is 8.05. The van der Waals surface area contributed by atoms with Crippen LogP contribution in [0.25, 0.3) is 0 Å². The number of hydrogen-bond donors (Lipinski definition) is 1. The number of benzene rings is 1. The number of amides is 1. The number of anilines is 1. The Kier molecular flexibility index (Phi) is 4.15. The molecule has 3 rings (SSSR count). The van der Waals surface area contributed by atoms with Crippen LogP contribution in [-0.4, -0.2) is 50.1 Å². The Labute approximate surface area is 127 Å². The summed E-state index contributed by atoms with van der Waals surface area (Å²) in [7, 11) is 0. The fourth-order valence-electron chi connectivity index (χ4n) is 3.52. The van der Waals surface area contributed by atoms with Crippen LogP contribution in [0.15, 0.2) is 30.3 Å². The van der Waals surface area contributed by atoms with E-state index in [1.807, 2.05) is 6.07 Å². The molecule has 2 heterocycles. The number of piperazine rings is 1. The van der Waals surface area contributed by atoms with Crippen LogP contribution in [0.5, 0.6) is 0 Å². The molecule has 21 heavy (non-hydrogen) atoms. The fraction of sp³-hybridized carbons (Fsp3) is 0.588. The van der Waals surface area contributed by atoms with Crippen molar-refractivity contribution in [2.24, 2.45) is 5.41 Å². The minimum Gasteiger partial charge on any atom is -0.368 e. The van der Waals surface area contributed by atoms with Crippen molar-refractivity contribution >= 4 is 11.6 Å². The van der Waals surface area contributed by atoms with Crippen LogP contribution < -0.4 is 10.2 Å². The fourth-order valence-corrected chi connectivity index (χ4v) is 3.52. The molecule has 2 aliphatic rings. The zero-order chi connectivity index (χ0) is 14.7.